The van der Waals surface area contributed by atoms with Crippen LogP contribution >= 0.6 is 0 Å². The smallest absolute Gasteiger partial charge is 0 e. The second-order valence-corrected chi connectivity index (χ2v) is 3.46. The lowest BCUT2D eigenvalue weighted by Gasteiger charge is -1.79. The van der Waals surface area contributed by atoms with Crippen LogP contribution in [-0.4, -0.2) is 8.41 Å². The first-order valence-electron chi connectivity index (χ1n) is 3.46. The zero-order valence-corrected chi connectivity index (χ0v) is 7.73. The van der Waals surface area contributed by atoms with Gasteiger partial charge in [-0.1, -0.05) is 63.8 Å². The van der Waals surface area contributed by atoms with Crippen LogP contribution in [-0.2, 0) is 0 Å². The van der Waals surface area contributed by atoms with Gasteiger partial charge in [0.1, 0.15) is 0 Å². The monoisotopic (exact) mass is 175 g/mol. The number of rotatable bonds is 0. The van der Waals surface area contributed by atoms with E-state index in [1.807, 2.05) is 0 Å². The van der Waals surface area contributed by atoms with E-state index in [4.69, 9.17) is 0 Å². The Bertz CT molecular complexity index is 20.5. The van der Waals surface area contributed by atoms with Crippen LogP contribution in [0.4, 0.5) is 0 Å². The summed E-state index contributed by atoms with van der Waals surface area (Å²) in [7, 11) is 0. The van der Waals surface area contributed by atoms with Crippen LogP contribution in [0.1, 0.15) is 63.8 Å². The second kappa shape index (κ2) is 30.5. The summed E-state index contributed by atoms with van der Waals surface area (Å²) in [6.45, 7) is 13.0. The fourth-order valence-corrected chi connectivity index (χ4v) is 0. The Hall–Kier alpha value is 0.0649. The molecule has 0 atom stereocenters. The van der Waals surface area contributed by atoms with Crippen molar-refractivity contribution in [2.45, 2.75) is 63.8 Å². The van der Waals surface area contributed by atoms with Gasteiger partial charge in [-0.05, 0) is 11.8 Å². The highest BCUT2D eigenvalue weighted by Gasteiger charge is 1.68. The summed E-state index contributed by atoms with van der Waals surface area (Å²) in [5, 5.41) is 0. The minimum Gasteiger partial charge on any atom is -0.0776 e. The Morgan fingerprint density at radius 2 is 0.500 bits per heavy atom. The van der Waals surface area contributed by atoms with E-state index >= 15 is 0 Å². The molecule has 0 rings (SSSR count). The predicted octanol–water partition coefficient (Wildman–Crippen LogP) is 4.85. The van der Waals surface area contributed by atoms with Gasteiger partial charge < -0.3 is 0 Å². The highest BCUT2D eigenvalue weighted by Crippen LogP contribution is 1.81. The van der Waals surface area contributed by atoms with Gasteiger partial charge in [-0.15, -0.1) is 0 Å². The van der Waals surface area contributed by atoms with E-state index in [9.17, 15) is 0 Å². The molecular weight excluding hydrogens is 143 g/mol. The SMILES string of the molecule is C.C.C.CC(C)C.CC(C)C.[B]. The third-order valence-corrected chi connectivity index (χ3v) is 0. The van der Waals surface area contributed by atoms with E-state index in [-0.39, 0.29) is 30.7 Å². The van der Waals surface area contributed by atoms with E-state index in [0.29, 0.717) is 0 Å². The van der Waals surface area contributed by atoms with Crippen molar-refractivity contribution in [1.29, 1.82) is 0 Å². The van der Waals surface area contributed by atoms with Crippen LogP contribution in [0.5, 0.6) is 0 Å². The maximum atomic E-state index is 2.17. The van der Waals surface area contributed by atoms with Crippen LogP contribution < -0.4 is 0 Å². The maximum absolute atomic E-state index is 2.17. The van der Waals surface area contributed by atoms with Gasteiger partial charge in [0.05, 0.1) is 0 Å². The van der Waals surface area contributed by atoms with Crippen molar-refractivity contribution < 1.29 is 0 Å². The zero-order valence-electron chi connectivity index (χ0n) is 7.73. The van der Waals surface area contributed by atoms with E-state index in [0.717, 1.165) is 11.8 Å². The first-order chi connectivity index (χ1) is 3.46. The lowest BCUT2D eigenvalue weighted by atomic mass is 10.3. The van der Waals surface area contributed by atoms with Crippen molar-refractivity contribution >= 4 is 8.41 Å². The van der Waals surface area contributed by atoms with Crippen LogP contribution in [0.2, 0.25) is 0 Å². The van der Waals surface area contributed by atoms with E-state index in [2.05, 4.69) is 41.5 Å². The predicted molar refractivity (Wildman–Crippen MR) is 67.0 cm³/mol. The topological polar surface area (TPSA) is 0 Å². The highest BCUT2D eigenvalue weighted by atomic mass is 13.7. The molecule has 79 valence electrons. The average molecular weight is 175 g/mol. The normalized spacial score (nSPS) is 6.00. The molecule has 0 nitrogen and oxygen atoms in total. The summed E-state index contributed by atoms with van der Waals surface area (Å²) in [4.78, 5) is 0. The van der Waals surface area contributed by atoms with Gasteiger partial charge in [-0.3, -0.25) is 0 Å². The molecule has 0 fully saturated rings. The summed E-state index contributed by atoms with van der Waals surface area (Å²) in [5.74, 6) is 1.67. The lowest BCUT2D eigenvalue weighted by molar-refractivity contribution is 0.736. The average Bonchev–Trinajstić information content (AvgIpc) is 1.25. The fraction of sp³-hybridized carbons (Fsp3) is 1.00. The van der Waals surface area contributed by atoms with Crippen molar-refractivity contribution in [2.75, 3.05) is 0 Å². The Kier molecular flexibility index (Phi) is 102. The van der Waals surface area contributed by atoms with Gasteiger partial charge in [0.2, 0.25) is 0 Å². The summed E-state index contributed by atoms with van der Waals surface area (Å²) in [6.07, 6.45) is 0. The molecule has 12 heavy (non-hydrogen) atoms. The van der Waals surface area contributed by atoms with Crippen LogP contribution in [0.3, 0.4) is 0 Å². The molecular formula is C11H32B. The molecule has 0 unspecified atom stereocenters. The first kappa shape index (κ1) is 40.2. The molecule has 0 aromatic rings. The van der Waals surface area contributed by atoms with E-state index in [1.165, 1.54) is 0 Å². The van der Waals surface area contributed by atoms with Crippen LogP contribution in [0.25, 0.3) is 0 Å². The van der Waals surface area contributed by atoms with Crippen molar-refractivity contribution in [3.8, 4) is 0 Å². The molecule has 0 saturated heterocycles. The van der Waals surface area contributed by atoms with Gasteiger partial charge in [-0.2, -0.15) is 0 Å². The molecule has 0 aliphatic rings. The van der Waals surface area contributed by atoms with Crippen molar-refractivity contribution in [2.24, 2.45) is 11.8 Å². The molecule has 0 amide bonds. The molecule has 0 aliphatic carbocycles. The first-order valence-corrected chi connectivity index (χ1v) is 3.46. The van der Waals surface area contributed by atoms with Gasteiger partial charge in [0.25, 0.3) is 0 Å². The van der Waals surface area contributed by atoms with Crippen molar-refractivity contribution in [3.05, 3.63) is 0 Å². The number of hydrogen-bond donors (Lipinski definition) is 0. The lowest BCUT2D eigenvalue weighted by Crippen LogP contribution is -1.66. The fourth-order valence-electron chi connectivity index (χ4n) is 0. The third-order valence-electron chi connectivity index (χ3n) is 0. The molecule has 3 radical (unpaired) electrons. The second-order valence-electron chi connectivity index (χ2n) is 3.46. The Balaban J connectivity index is -0.0000000112. The largest absolute Gasteiger partial charge is 0.0776 e. The standard InChI is InChI=1S/2C4H10.3CH4.B/c2*1-4(2)3;;;;/h2*4H,1-3H3;3*1H4;. The van der Waals surface area contributed by atoms with Gasteiger partial charge >= 0.3 is 0 Å². The Labute approximate surface area is 84.7 Å². The molecule has 0 N–H and O–H groups in total. The minimum absolute atomic E-state index is 0. The zero-order chi connectivity index (χ0) is 7.15. The molecule has 0 saturated carbocycles. The van der Waals surface area contributed by atoms with Crippen LogP contribution in [0, 0.1) is 11.8 Å². The molecule has 0 heterocycles. The van der Waals surface area contributed by atoms with Crippen LogP contribution in [0.15, 0.2) is 0 Å². The maximum Gasteiger partial charge on any atom is 0 e. The van der Waals surface area contributed by atoms with Crippen molar-refractivity contribution in [1.82, 2.24) is 0 Å². The Morgan fingerprint density at radius 3 is 0.500 bits per heavy atom. The highest BCUT2D eigenvalue weighted by molar-refractivity contribution is 5.75. The molecule has 0 aromatic heterocycles. The van der Waals surface area contributed by atoms with Gasteiger partial charge in [-0.25, -0.2) is 0 Å². The minimum atomic E-state index is 0. The third kappa shape index (κ3) is 196000. The summed E-state index contributed by atoms with van der Waals surface area (Å²) in [5.41, 5.74) is 0. The van der Waals surface area contributed by atoms with Crippen molar-refractivity contribution in [3.63, 3.8) is 0 Å². The summed E-state index contributed by atoms with van der Waals surface area (Å²) >= 11 is 0. The number of hydrogen-bond acceptors (Lipinski definition) is 0. The molecule has 0 aliphatic heterocycles. The van der Waals surface area contributed by atoms with E-state index < -0.39 is 0 Å². The summed E-state index contributed by atoms with van der Waals surface area (Å²) < 4.78 is 0. The molecule has 0 aromatic carbocycles. The molecule has 0 bridgehead atoms. The van der Waals surface area contributed by atoms with Gasteiger partial charge in [0.15, 0.2) is 0 Å². The molecule has 1 heteroatoms. The Morgan fingerprint density at radius 1 is 0.500 bits per heavy atom. The quantitative estimate of drug-likeness (QED) is 0.461. The summed E-state index contributed by atoms with van der Waals surface area (Å²) in [6, 6.07) is 0. The van der Waals surface area contributed by atoms with Gasteiger partial charge in [0, 0.05) is 8.41 Å². The molecule has 0 spiro atoms. The van der Waals surface area contributed by atoms with E-state index in [1.54, 1.807) is 0 Å².